The van der Waals surface area contributed by atoms with Crippen molar-refractivity contribution >= 4 is 33.7 Å². The van der Waals surface area contributed by atoms with Gasteiger partial charge in [0.25, 0.3) is 11.8 Å². The fourth-order valence-electron chi connectivity index (χ4n) is 7.25. The Morgan fingerprint density at radius 1 is 1.04 bits per heavy atom. The first-order valence-corrected chi connectivity index (χ1v) is 17.8. The molecule has 3 fully saturated rings. The number of hydrogen-bond acceptors (Lipinski definition) is 6. The fraction of sp³-hybridized carbons (Fsp3) is 0.667. The monoisotopic (exact) mass is 666 g/mol. The maximum atomic E-state index is 13.3. The molecule has 1 aromatic rings. The van der Waals surface area contributed by atoms with Gasteiger partial charge in [0.1, 0.15) is 11.4 Å². The smallest absolute Gasteiger partial charge is 0.389 e. The van der Waals surface area contributed by atoms with Crippen molar-refractivity contribution in [3.8, 4) is 0 Å². The summed E-state index contributed by atoms with van der Waals surface area (Å²) in [4.78, 5) is 32.7. The Bertz CT molecular complexity index is 1470. The molecular formula is C33H45F3N4O5S. The summed E-state index contributed by atoms with van der Waals surface area (Å²) >= 11 is 0. The van der Waals surface area contributed by atoms with Crippen LogP contribution in [0.1, 0.15) is 98.2 Å². The van der Waals surface area contributed by atoms with E-state index in [-0.39, 0.29) is 56.0 Å². The molecule has 0 radical (unpaired) electrons. The average Bonchev–Trinajstić information content (AvgIpc) is 3.30. The van der Waals surface area contributed by atoms with Crippen LogP contribution in [0.5, 0.6) is 0 Å². The first-order valence-electron chi connectivity index (χ1n) is 16.3. The minimum atomic E-state index is -4.14. The standard InChI is InChI=1S/C33H45F3N4O5S/c1-22-20-26(29(41)39-15-11-31(3,43)12-16-39)21-23(2)27(22)9-19-46(44,45)40-17-13-32(14-18-40)30(42)37-28(38-32)25-6-4-24(5-7-25)8-10-33(34,35)36/h9,19-21,24-25,43H,4-8,10-18H2,1-3H3,(H,37,38,42). The number of sulfonamides is 1. The van der Waals surface area contributed by atoms with Gasteiger partial charge in [0, 0.05) is 49.5 Å². The number of aliphatic hydroxyl groups is 1. The Balaban J connectivity index is 1.18. The van der Waals surface area contributed by atoms with Gasteiger partial charge >= 0.3 is 6.18 Å². The number of aliphatic imine (C=N–C) groups is 1. The molecule has 254 valence electrons. The van der Waals surface area contributed by atoms with Crippen molar-refractivity contribution < 1.29 is 36.3 Å². The molecule has 1 saturated carbocycles. The Hall–Kier alpha value is -2.77. The molecule has 2 saturated heterocycles. The molecule has 0 unspecified atom stereocenters. The summed E-state index contributed by atoms with van der Waals surface area (Å²) in [6.45, 7) is 6.68. The van der Waals surface area contributed by atoms with Crippen LogP contribution in [-0.2, 0) is 14.8 Å². The number of amides is 2. The van der Waals surface area contributed by atoms with E-state index in [1.54, 1.807) is 30.0 Å². The van der Waals surface area contributed by atoms with Gasteiger partial charge in [-0.05, 0) is 119 Å². The van der Waals surface area contributed by atoms with Gasteiger partial charge in [-0.25, -0.2) is 8.42 Å². The number of amidine groups is 1. The van der Waals surface area contributed by atoms with E-state index in [9.17, 15) is 36.3 Å². The van der Waals surface area contributed by atoms with E-state index in [1.807, 2.05) is 13.8 Å². The molecule has 1 aromatic carbocycles. The number of aryl methyl sites for hydroxylation is 2. The van der Waals surface area contributed by atoms with E-state index in [4.69, 9.17) is 4.99 Å². The molecule has 1 spiro atoms. The number of nitrogens with zero attached hydrogens (tertiary/aromatic N) is 3. The number of carbonyl (C=O) groups excluding carboxylic acids is 2. The molecule has 0 aromatic heterocycles. The second-order valence-electron chi connectivity index (χ2n) is 13.9. The van der Waals surface area contributed by atoms with Gasteiger partial charge in [0.15, 0.2) is 0 Å². The minimum absolute atomic E-state index is 0.000445. The normalized spacial score (nSPS) is 25.6. The van der Waals surface area contributed by atoms with E-state index in [0.29, 0.717) is 68.6 Å². The molecule has 3 heterocycles. The van der Waals surface area contributed by atoms with Crippen LogP contribution in [0.25, 0.3) is 6.08 Å². The van der Waals surface area contributed by atoms with Crippen molar-refractivity contribution in [1.82, 2.24) is 14.5 Å². The Morgan fingerprint density at radius 2 is 1.63 bits per heavy atom. The zero-order chi connectivity index (χ0) is 33.5. The fourth-order valence-corrected chi connectivity index (χ4v) is 8.42. The van der Waals surface area contributed by atoms with Crippen molar-refractivity contribution in [3.63, 3.8) is 0 Å². The summed E-state index contributed by atoms with van der Waals surface area (Å²) in [5, 5.41) is 14.3. The van der Waals surface area contributed by atoms with Crippen molar-refractivity contribution in [3.05, 3.63) is 39.8 Å². The summed E-state index contributed by atoms with van der Waals surface area (Å²) in [6, 6.07) is 3.53. The summed E-state index contributed by atoms with van der Waals surface area (Å²) < 4.78 is 65.8. The predicted octanol–water partition coefficient (Wildman–Crippen LogP) is 5.10. The zero-order valence-electron chi connectivity index (χ0n) is 26.8. The van der Waals surface area contributed by atoms with Gasteiger partial charge < -0.3 is 15.3 Å². The highest BCUT2D eigenvalue weighted by molar-refractivity contribution is 7.92. The quantitative estimate of drug-likeness (QED) is 0.420. The molecule has 46 heavy (non-hydrogen) atoms. The van der Waals surface area contributed by atoms with Gasteiger partial charge in [-0.15, -0.1) is 0 Å². The number of nitrogens with one attached hydrogen (secondary N) is 1. The van der Waals surface area contributed by atoms with E-state index in [1.165, 1.54) is 9.71 Å². The summed E-state index contributed by atoms with van der Waals surface area (Å²) in [7, 11) is -3.80. The molecule has 0 atom stereocenters. The highest BCUT2D eigenvalue weighted by atomic mass is 32.2. The van der Waals surface area contributed by atoms with E-state index < -0.39 is 33.8 Å². The van der Waals surface area contributed by atoms with Crippen molar-refractivity contribution in [2.24, 2.45) is 16.8 Å². The van der Waals surface area contributed by atoms with Crippen molar-refractivity contribution in [2.75, 3.05) is 26.2 Å². The van der Waals surface area contributed by atoms with Gasteiger partial charge in [-0.2, -0.15) is 17.5 Å². The first-order chi connectivity index (χ1) is 21.5. The van der Waals surface area contributed by atoms with Gasteiger partial charge in [0.05, 0.1) is 5.60 Å². The highest BCUT2D eigenvalue weighted by Gasteiger charge is 2.48. The molecule has 9 nitrogen and oxygen atoms in total. The SMILES string of the molecule is Cc1cc(C(=O)N2CCC(C)(O)CC2)cc(C)c1C=CS(=O)(=O)N1CCC2(CC1)N=C(C1CCC(CCC(F)(F)F)CC1)NC2=O. The topological polar surface area (TPSA) is 119 Å². The number of hydrogen-bond donors (Lipinski definition) is 2. The number of halogens is 3. The third kappa shape index (κ3) is 7.84. The lowest BCUT2D eigenvalue weighted by Crippen LogP contribution is -2.50. The highest BCUT2D eigenvalue weighted by Crippen LogP contribution is 2.38. The van der Waals surface area contributed by atoms with Gasteiger partial charge in [0.2, 0.25) is 10.0 Å². The van der Waals surface area contributed by atoms with E-state index in [0.717, 1.165) is 11.1 Å². The summed E-state index contributed by atoms with van der Waals surface area (Å²) in [5.41, 5.74) is 1.02. The number of rotatable bonds is 7. The molecule has 3 aliphatic heterocycles. The van der Waals surface area contributed by atoms with Crippen LogP contribution in [-0.4, -0.2) is 83.9 Å². The molecule has 2 amide bonds. The van der Waals surface area contributed by atoms with Crippen LogP contribution in [0.3, 0.4) is 0 Å². The lowest BCUT2D eigenvalue weighted by molar-refractivity contribution is -0.138. The van der Waals surface area contributed by atoms with Crippen LogP contribution in [0.4, 0.5) is 13.2 Å². The summed E-state index contributed by atoms with van der Waals surface area (Å²) in [5.74, 6) is 0.279. The van der Waals surface area contributed by atoms with E-state index >= 15 is 0 Å². The second-order valence-corrected chi connectivity index (χ2v) is 15.7. The van der Waals surface area contributed by atoms with Crippen LogP contribution in [0.2, 0.25) is 0 Å². The maximum absolute atomic E-state index is 13.3. The minimum Gasteiger partial charge on any atom is -0.390 e. The average molecular weight is 667 g/mol. The van der Waals surface area contributed by atoms with Gasteiger partial charge in [-0.3, -0.25) is 14.6 Å². The van der Waals surface area contributed by atoms with Crippen LogP contribution in [0, 0.1) is 25.7 Å². The third-order valence-corrected chi connectivity index (χ3v) is 11.9. The number of alkyl halides is 3. The molecule has 4 aliphatic rings. The van der Waals surface area contributed by atoms with Crippen LogP contribution in [0.15, 0.2) is 22.5 Å². The van der Waals surface area contributed by atoms with E-state index in [2.05, 4.69) is 5.32 Å². The third-order valence-electron chi connectivity index (χ3n) is 10.4. The second kappa shape index (κ2) is 13.0. The molecule has 13 heteroatoms. The largest absolute Gasteiger partial charge is 0.390 e. The van der Waals surface area contributed by atoms with Crippen LogP contribution >= 0.6 is 0 Å². The lowest BCUT2D eigenvalue weighted by atomic mass is 9.79. The number of benzene rings is 1. The molecule has 0 bridgehead atoms. The van der Waals surface area contributed by atoms with Gasteiger partial charge in [-0.1, -0.05) is 0 Å². The number of carbonyl (C=O) groups is 2. The summed E-state index contributed by atoms with van der Waals surface area (Å²) in [6.07, 6.45) is 0.997. The number of likely N-dealkylation sites (tertiary alicyclic amines) is 1. The van der Waals surface area contributed by atoms with Crippen molar-refractivity contribution in [1.29, 1.82) is 0 Å². The number of piperidine rings is 2. The molecule has 5 rings (SSSR count). The van der Waals surface area contributed by atoms with Crippen LogP contribution < -0.4 is 5.32 Å². The molecular weight excluding hydrogens is 621 g/mol. The molecule has 1 aliphatic carbocycles. The Kier molecular flexibility index (Phi) is 9.79. The lowest BCUT2D eigenvalue weighted by Gasteiger charge is -2.36. The zero-order valence-corrected chi connectivity index (χ0v) is 27.6. The Labute approximate surface area is 269 Å². The Morgan fingerprint density at radius 3 is 2.20 bits per heavy atom. The maximum Gasteiger partial charge on any atom is 0.389 e. The predicted molar refractivity (Wildman–Crippen MR) is 169 cm³/mol. The first kappa shape index (κ1) is 34.6. The van der Waals surface area contributed by atoms with Crippen molar-refractivity contribution in [2.45, 2.75) is 102 Å². The molecule has 2 N–H and O–H groups in total.